The molecule has 2 heterocycles. The molecule has 0 bridgehead atoms. The fraction of sp³-hybridized carbons (Fsp3) is 0.400. The number of carbonyl (C=O) groups is 1. The van der Waals surface area contributed by atoms with Crippen LogP contribution in [0.15, 0.2) is 24.5 Å². The summed E-state index contributed by atoms with van der Waals surface area (Å²) >= 11 is 0. The predicted molar refractivity (Wildman–Crippen MR) is 82.4 cm³/mol. The Kier molecular flexibility index (Phi) is 3.95. The normalized spacial score (nSPS) is 20.8. The molecule has 7 nitrogen and oxygen atoms in total. The Morgan fingerprint density at radius 1 is 1.45 bits per heavy atom. The minimum absolute atomic E-state index is 0.0303. The monoisotopic (exact) mass is 301 g/mol. The summed E-state index contributed by atoms with van der Waals surface area (Å²) in [5, 5.41) is 21.9. The van der Waals surface area contributed by atoms with Crippen LogP contribution in [0, 0.1) is 6.92 Å². The lowest BCUT2D eigenvalue weighted by molar-refractivity contribution is 0.190. The van der Waals surface area contributed by atoms with Gasteiger partial charge >= 0.3 is 6.09 Å². The predicted octanol–water partition coefficient (Wildman–Crippen LogP) is 2.76. The molecule has 116 valence electrons. The van der Waals surface area contributed by atoms with E-state index in [2.05, 4.69) is 25.8 Å². The van der Waals surface area contributed by atoms with Crippen LogP contribution >= 0.6 is 0 Å². The zero-order chi connectivity index (χ0) is 15.5. The number of H-pyrrole nitrogens is 1. The molecule has 1 aliphatic rings. The van der Waals surface area contributed by atoms with Crippen LogP contribution in [-0.4, -0.2) is 32.4 Å². The van der Waals surface area contributed by atoms with Gasteiger partial charge in [0, 0.05) is 29.9 Å². The molecule has 1 unspecified atom stereocenters. The van der Waals surface area contributed by atoms with Crippen LogP contribution in [0.2, 0.25) is 0 Å². The Balaban J connectivity index is 1.65. The van der Waals surface area contributed by atoms with E-state index in [9.17, 15) is 4.79 Å². The summed E-state index contributed by atoms with van der Waals surface area (Å²) in [4.78, 5) is 14.8. The molecule has 7 heteroatoms. The molecule has 0 aromatic carbocycles. The van der Waals surface area contributed by atoms with Crippen molar-refractivity contribution in [3.8, 4) is 0 Å². The van der Waals surface area contributed by atoms with Gasteiger partial charge in [0.15, 0.2) is 5.82 Å². The molecule has 0 aliphatic heterocycles. The van der Waals surface area contributed by atoms with E-state index in [1.54, 1.807) is 12.4 Å². The van der Waals surface area contributed by atoms with Crippen molar-refractivity contribution in [3.05, 3.63) is 35.8 Å². The van der Waals surface area contributed by atoms with Gasteiger partial charge in [0.05, 0.1) is 11.9 Å². The third-order valence-corrected chi connectivity index (χ3v) is 4.10. The molecule has 0 radical (unpaired) electrons. The van der Waals surface area contributed by atoms with Gasteiger partial charge in [0.25, 0.3) is 0 Å². The lowest BCUT2D eigenvalue weighted by Gasteiger charge is -2.09. The first-order valence-corrected chi connectivity index (χ1v) is 7.34. The standard InChI is InChI=1S/C15H19N5O2/c1-9-4-5-16-8-13(9)18-14-7-12(19-20-14)10-2-3-11(6-10)17-15(21)22/h4-5,7-8,10-11,17H,2-3,6H2,1H3,(H,21,22)(H2,18,19,20)/t10-,11?/m0/s1. The summed E-state index contributed by atoms with van der Waals surface area (Å²) < 4.78 is 0. The lowest BCUT2D eigenvalue weighted by atomic mass is 10.0. The fourth-order valence-corrected chi connectivity index (χ4v) is 2.91. The minimum atomic E-state index is -0.954. The van der Waals surface area contributed by atoms with Gasteiger partial charge < -0.3 is 15.7 Å². The average Bonchev–Trinajstić information content (AvgIpc) is 3.10. The molecule has 1 saturated carbocycles. The Hall–Kier alpha value is -2.57. The molecule has 0 saturated heterocycles. The van der Waals surface area contributed by atoms with E-state index in [1.807, 2.05) is 19.1 Å². The number of nitrogens with one attached hydrogen (secondary N) is 3. The number of nitrogens with zero attached hydrogens (tertiary/aromatic N) is 2. The number of hydrogen-bond donors (Lipinski definition) is 4. The number of aromatic nitrogens is 3. The second-order valence-corrected chi connectivity index (χ2v) is 5.68. The average molecular weight is 301 g/mol. The van der Waals surface area contributed by atoms with E-state index in [1.165, 1.54) is 0 Å². The largest absolute Gasteiger partial charge is 0.465 e. The maximum absolute atomic E-state index is 10.7. The van der Waals surface area contributed by atoms with Gasteiger partial charge in [0.1, 0.15) is 0 Å². The van der Waals surface area contributed by atoms with Crippen LogP contribution in [0.3, 0.4) is 0 Å². The number of pyridine rings is 1. The summed E-state index contributed by atoms with van der Waals surface area (Å²) in [5.74, 6) is 1.07. The first-order chi connectivity index (χ1) is 10.6. The summed E-state index contributed by atoms with van der Waals surface area (Å²) in [6.45, 7) is 2.01. The molecular weight excluding hydrogens is 282 g/mol. The Labute approximate surface area is 128 Å². The highest BCUT2D eigenvalue weighted by Crippen LogP contribution is 2.34. The Morgan fingerprint density at radius 3 is 3.09 bits per heavy atom. The van der Waals surface area contributed by atoms with Gasteiger partial charge in [-0.25, -0.2) is 4.79 Å². The van der Waals surface area contributed by atoms with Gasteiger partial charge in [-0.2, -0.15) is 5.10 Å². The Morgan fingerprint density at radius 2 is 2.32 bits per heavy atom. The van der Waals surface area contributed by atoms with Crippen molar-refractivity contribution in [2.24, 2.45) is 0 Å². The van der Waals surface area contributed by atoms with Crippen LogP contribution in [0.5, 0.6) is 0 Å². The van der Waals surface area contributed by atoms with Gasteiger partial charge in [-0.15, -0.1) is 0 Å². The molecule has 2 atom stereocenters. The second-order valence-electron chi connectivity index (χ2n) is 5.68. The van der Waals surface area contributed by atoms with Gasteiger partial charge in [-0.3, -0.25) is 10.1 Å². The molecule has 4 N–H and O–H groups in total. The summed E-state index contributed by atoms with van der Waals surface area (Å²) in [6.07, 6.45) is 5.19. The topological polar surface area (TPSA) is 103 Å². The van der Waals surface area contributed by atoms with Gasteiger partial charge in [0.2, 0.25) is 0 Å². The smallest absolute Gasteiger partial charge is 0.404 e. The molecular formula is C15H19N5O2. The van der Waals surface area contributed by atoms with Crippen molar-refractivity contribution in [2.45, 2.75) is 38.1 Å². The van der Waals surface area contributed by atoms with Crippen LogP contribution in [-0.2, 0) is 0 Å². The molecule has 1 amide bonds. The molecule has 2 aromatic heterocycles. The first-order valence-electron chi connectivity index (χ1n) is 7.34. The van der Waals surface area contributed by atoms with E-state index >= 15 is 0 Å². The van der Waals surface area contributed by atoms with Crippen molar-refractivity contribution >= 4 is 17.6 Å². The van der Waals surface area contributed by atoms with E-state index in [-0.39, 0.29) is 6.04 Å². The van der Waals surface area contributed by atoms with Crippen LogP contribution in [0.4, 0.5) is 16.3 Å². The molecule has 22 heavy (non-hydrogen) atoms. The van der Waals surface area contributed by atoms with Crippen LogP contribution < -0.4 is 10.6 Å². The maximum Gasteiger partial charge on any atom is 0.404 e. The van der Waals surface area contributed by atoms with Crippen molar-refractivity contribution < 1.29 is 9.90 Å². The fourth-order valence-electron chi connectivity index (χ4n) is 2.91. The van der Waals surface area contributed by atoms with Crippen molar-refractivity contribution in [2.75, 3.05) is 5.32 Å². The molecule has 1 fully saturated rings. The number of anilines is 2. The minimum Gasteiger partial charge on any atom is -0.465 e. The highest BCUT2D eigenvalue weighted by Gasteiger charge is 2.28. The number of rotatable bonds is 4. The third kappa shape index (κ3) is 3.19. The van der Waals surface area contributed by atoms with E-state index in [0.29, 0.717) is 5.92 Å². The van der Waals surface area contributed by atoms with Crippen LogP contribution in [0.1, 0.15) is 36.4 Å². The zero-order valence-corrected chi connectivity index (χ0v) is 12.3. The molecule has 2 aromatic rings. The highest BCUT2D eigenvalue weighted by molar-refractivity contribution is 5.65. The number of aryl methyl sites for hydroxylation is 1. The summed E-state index contributed by atoms with van der Waals surface area (Å²) in [7, 11) is 0. The molecule has 3 rings (SSSR count). The first kappa shape index (κ1) is 14.4. The quantitative estimate of drug-likeness (QED) is 0.695. The number of carboxylic acid groups (broad SMARTS) is 1. The Bertz CT molecular complexity index is 669. The molecule has 0 spiro atoms. The zero-order valence-electron chi connectivity index (χ0n) is 12.3. The number of aromatic amines is 1. The van der Waals surface area contributed by atoms with Crippen molar-refractivity contribution in [1.29, 1.82) is 0 Å². The third-order valence-electron chi connectivity index (χ3n) is 4.10. The SMILES string of the molecule is Cc1ccncc1Nc1cc([C@H]2CCC(NC(=O)O)C2)[nH]n1. The molecule has 1 aliphatic carbocycles. The van der Waals surface area contributed by atoms with E-state index in [4.69, 9.17) is 5.11 Å². The van der Waals surface area contributed by atoms with E-state index < -0.39 is 6.09 Å². The maximum atomic E-state index is 10.7. The lowest BCUT2D eigenvalue weighted by Crippen LogP contribution is -2.31. The number of amides is 1. The highest BCUT2D eigenvalue weighted by atomic mass is 16.4. The summed E-state index contributed by atoms with van der Waals surface area (Å²) in [6, 6.07) is 3.96. The second kappa shape index (κ2) is 6.05. The number of hydrogen-bond acceptors (Lipinski definition) is 4. The van der Waals surface area contributed by atoms with Crippen molar-refractivity contribution in [3.63, 3.8) is 0 Å². The van der Waals surface area contributed by atoms with Crippen molar-refractivity contribution in [1.82, 2.24) is 20.5 Å². The van der Waals surface area contributed by atoms with E-state index in [0.717, 1.165) is 42.0 Å². The van der Waals surface area contributed by atoms with Gasteiger partial charge in [-0.05, 0) is 37.8 Å². The summed E-state index contributed by atoms with van der Waals surface area (Å²) in [5.41, 5.74) is 3.07. The van der Waals surface area contributed by atoms with Gasteiger partial charge in [-0.1, -0.05) is 0 Å². The van der Waals surface area contributed by atoms with Crippen LogP contribution in [0.25, 0.3) is 0 Å².